The number of hydrogen-bond acceptors (Lipinski definition) is 5. The molecule has 7 heteroatoms. The molecule has 1 aliphatic carbocycles. The Morgan fingerprint density at radius 3 is 2.48 bits per heavy atom. The molecule has 140 valence electrons. The topological polar surface area (TPSA) is 93.7 Å². The van der Waals surface area contributed by atoms with Crippen LogP contribution in [-0.2, 0) is 27.2 Å². The summed E-state index contributed by atoms with van der Waals surface area (Å²) in [5.74, 6) is -1.17. The summed E-state index contributed by atoms with van der Waals surface area (Å²) >= 11 is 0. The number of benzene rings is 2. The van der Waals surface area contributed by atoms with Crippen LogP contribution in [0.1, 0.15) is 27.9 Å². The van der Waals surface area contributed by atoms with E-state index in [2.05, 4.69) is 10.9 Å². The highest BCUT2D eigenvalue weighted by molar-refractivity contribution is 5.95. The maximum atomic E-state index is 11.8. The molecule has 0 heterocycles. The Kier molecular flexibility index (Phi) is 6.04. The number of esters is 1. The molecule has 0 atom stereocenters. The van der Waals surface area contributed by atoms with Gasteiger partial charge in [0.2, 0.25) is 0 Å². The van der Waals surface area contributed by atoms with Crippen LogP contribution in [0.4, 0.5) is 0 Å². The predicted octanol–water partition coefficient (Wildman–Crippen LogP) is 1.56. The quantitative estimate of drug-likeness (QED) is 0.596. The van der Waals surface area contributed by atoms with E-state index >= 15 is 0 Å². The van der Waals surface area contributed by atoms with Crippen molar-refractivity contribution < 1.29 is 23.9 Å². The van der Waals surface area contributed by atoms with Gasteiger partial charge in [-0.15, -0.1) is 0 Å². The Labute approximate surface area is 156 Å². The van der Waals surface area contributed by atoms with Crippen molar-refractivity contribution in [3.05, 3.63) is 65.2 Å². The standard InChI is InChI=1S/C20H20N2O5/c23-18(21-22-20(25)15-5-2-1-3-6-15)12-27-19(24)13-26-17-10-9-14-7-4-8-16(14)11-17/h1-3,5-6,9-11H,4,7-8,12-13H2,(H,21,23)(H,22,25). The number of ether oxygens (including phenoxy) is 2. The van der Waals surface area contributed by atoms with Crippen LogP contribution in [0.3, 0.4) is 0 Å². The van der Waals surface area contributed by atoms with E-state index in [0.717, 1.165) is 19.3 Å². The van der Waals surface area contributed by atoms with Gasteiger partial charge in [-0.3, -0.25) is 20.4 Å². The van der Waals surface area contributed by atoms with Crippen molar-refractivity contribution in [3.63, 3.8) is 0 Å². The molecule has 0 radical (unpaired) electrons. The second kappa shape index (κ2) is 8.84. The van der Waals surface area contributed by atoms with Crippen LogP contribution in [0.2, 0.25) is 0 Å². The lowest BCUT2D eigenvalue weighted by Gasteiger charge is -2.09. The minimum absolute atomic E-state index is 0.289. The number of carbonyl (C=O) groups excluding carboxylic acids is 3. The van der Waals surface area contributed by atoms with Crippen LogP contribution >= 0.6 is 0 Å². The van der Waals surface area contributed by atoms with Gasteiger partial charge in [-0.2, -0.15) is 0 Å². The van der Waals surface area contributed by atoms with Crippen molar-refractivity contribution in [2.24, 2.45) is 0 Å². The molecule has 0 bridgehead atoms. The molecule has 0 saturated carbocycles. The largest absolute Gasteiger partial charge is 0.482 e. The van der Waals surface area contributed by atoms with E-state index < -0.39 is 24.4 Å². The van der Waals surface area contributed by atoms with Crippen molar-refractivity contribution in [2.75, 3.05) is 13.2 Å². The van der Waals surface area contributed by atoms with Crippen molar-refractivity contribution in [3.8, 4) is 5.75 Å². The van der Waals surface area contributed by atoms with Gasteiger partial charge < -0.3 is 9.47 Å². The average molecular weight is 368 g/mol. The summed E-state index contributed by atoms with van der Waals surface area (Å²) in [6, 6.07) is 14.2. The molecule has 27 heavy (non-hydrogen) atoms. The fourth-order valence-electron chi connectivity index (χ4n) is 2.79. The Hall–Kier alpha value is -3.35. The van der Waals surface area contributed by atoms with E-state index in [1.807, 2.05) is 18.2 Å². The zero-order valence-electron chi connectivity index (χ0n) is 14.7. The van der Waals surface area contributed by atoms with Crippen LogP contribution in [0, 0.1) is 0 Å². The SMILES string of the molecule is O=C(COC(=O)COc1ccc2c(c1)CCC2)NNC(=O)c1ccccc1. The van der Waals surface area contributed by atoms with Crippen LogP contribution < -0.4 is 15.6 Å². The first-order valence-corrected chi connectivity index (χ1v) is 8.66. The smallest absolute Gasteiger partial charge is 0.344 e. The molecule has 2 aromatic carbocycles. The van der Waals surface area contributed by atoms with Crippen molar-refractivity contribution in [1.29, 1.82) is 0 Å². The number of hydrazine groups is 1. The molecular weight excluding hydrogens is 348 g/mol. The number of hydrogen-bond donors (Lipinski definition) is 2. The lowest BCUT2D eigenvalue weighted by molar-refractivity contribution is -0.150. The van der Waals surface area contributed by atoms with Crippen molar-refractivity contribution >= 4 is 17.8 Å². The normalized spacial score (nSPS) is 12.0. The Balaban J connectivity index is 1.35. The minimum atomic E-state index is -0.667. The van der Waals surface area contributed by atoms with Gasteiger partial charge in [0.1, 0.15) is 5.75 Å². The molecule has 0 fully saturated rings. The highest BCUT2D eigenvalue weighted by atomic mass is 16.6. The molecule has 0 aliphatic heterocycles. The maximum Gasteiger partial charge on any atom is 0.344 e. The third kappa shape index (κ3) is 5.31. The van der Waals surface area contributed by atoms with E-state index in [4.69, 9.17) is 9.47 Å². The number of aryl methyl sites for hydroxylation is 2. The molecule has 0 unspecified atom stereocenters. The summed E-state index contributed by atoms with van der Waals surface area (Å²) in [6.07, 6.45) is 3.23. The summed E-state index contributed by atoms with van der Waals surface area (Å²) in [5.41, 5.74) is 7.39. The predicted molar refractivity (Wildman–Crippen MR) is 97.0 cm³/mol. The average Bonchev–Trinajstić information content (AvgIpc) is 3.17. The number of nitrogens with one attached hydrogen (secondary N) is 2. The second-order valence-corrected chi connectivity index (χ2v) is 6.10. The Bertz CT molecular complexity index is 836. The van der Waals surface area contributed by atoms with Gasteiger partial charge in [0.05, 0.1) is 0 Å². The van der Waals surface area contributed by atoms with Gasteiger partial charge in [-0.05, 0) is 54.7 Å². The zero-order valence-corrected chi connectivity index (χ0v) is 14.7. The first kappa shape index (κ1) is 18.4. The fourth-order valence-corrected chi connectivity index (χ4v) is 2.79. The van der Waals surface area contributed by atoms with Gasteiger partial charge in [-0.1, -0.05) is 24.3 Å². The van der Waals surface area contributed by atoms with Crippen LogP contribution in [0.5, 0.6) is 5.75 Å². The molecule has 1 aliphatic rings. The lowest BCUT2D eigenvalue weighted by atomic mass is 10.1. The van der Waals surface area contributed by atoms with Crippen LogP contribution in [-0.4, -0.2) is 31.0 Å². The molecule has 7 nitrogen and oxygen atoms in total. The zero-order chi connectivity index (χ0) is 19.1. The van der Waals surface area contributed by atoms with Crippen LogP contribution in [0.15, 0.2) is 48.5 Å². The highest BCUT2D eigenvalue weighted by Gasteiger charge is 2.13. The molecule has 0 aromatic heterocycles. The Morgan fingerprint density at radius 1 is 0.889 bits per heavy atom. The third-order valence-corrected chi connectivity index (χ3v) is 4.14. The molecule has 0 saturated heterocycles. The molecular formula is C20H20N2O5. The van der Waals surface area contributed by atoms with Gasteiger partial charge in [0.15, 0.2) is 13.2 Å². The number of carbonyl (C=O) groups is 3. The van der Waals surface area contributed by atoms with Crippen molar-refractivity contribution in [2.45, 2.75) is 19.3 Å². The van der Waals surface area contributed by atoms with E-state index in [1.165, 1.54) is 11.1 Å². The van der Waals surface area contributed by atoms with Gasteiger partial charge in [0.25, 0.3) is 11.8 Å². The number of amides is 2. The molecule has 2 amide bonds. The summed E-state index contributed by atoms with van der Waals surface area (Å²) in [7, 11) is 0. The van der Waals surface area contributed by atoms with Gasteiger partial charge in [0, 0.05) is 5.56 Å². The van der Waals surface area contributed by atoms with Gasteiger partial charge in [-0.25, -0.2) is 4.79 Å². The molecule has 0 spiro atoms. The number of rotatable bonds is 6. The summed E-state index contributed by atoms with van der Waals surface area (Å²) in [6.45, 7) is -0.802. The molecule has 3 rings (SSSR count). The fraction of sp³-hybridized carbons (Fsp3) is 0.250. The van der Waals surface area contributed by atoms with E-state index in [9.17, 15) is 14.4 Å². The second-order valence-electron chi connectivity index (χ2n) is 6.10. The minimum Gasteiger partial charge on any atom is -0.482 e. The molecule has 2 N–H and O–H groups in total. The third-order valence-electron chi connectivity index (χ3n) is 4.14. The first-order valence-electron chi connectivity index (χ1n) is 8.66. The Morgan fingerprint density at radius 2 is 1.67 bits per heavy atom. The lowest BCUT2D eigenvalue weighted by Crippen LogP contribution is -2.43. The van der Waals surface area contributed by atoms with Crippen LogP contribution in [0.25, 0.3) is 0 Å². The highest BCUT2D eigenvalue weighted by Crippen LogP contribution is 2.25. The van der Waals surface area contributed by atoms with Crippen molar-refractivity contribution in [1.82, 2.24) is 10.9 Å². The summed E-state index contributed by atoms with van der Waals surface area (Å²) < 4.78 is 10.2. The molecule has 2 aromatic rings. The number of fused-ring (bicyclic) bond motifs is 1. The van der Waals surface area contributed by atoms with Gasteiger partial charge >= 0.3 is 5.97 Å². The summed E-state index contributed by atoms with van der Waals surface area (Å²) in [5, 5.41) is 0. The van der Waals surface area contributed by atoms with E-state index in [0.29, 0.717) is 11.3 Å². The van der Waals surface area contributed by atoms with E-state index in [1.54, 1.807) is 30.3 Å². The monoisotopic (exact) mass is 368 g/mol. The first-order chi connectivity index (χ1) is 13.1. The summed E-state index contributed by atoms with van der Waals surface area (Å²) in [4.78, 5) is 35.1. The maximum absolute atomic E-state index is 11.8. The van der Waals surface area contributed by atoms with E-state index in [-0.39, 0.29) is 6.61 Å².